The summed E-state index contributed by atoms with van der Waals surface area (Å²) in [5, 5.41) is 0. The fourth-order valence-electron chi connectivity index (χ4n) is 1.82. The van der Waals surface area contributed by atoms with Crippen LogP contribution < -0.4 is 10.5 Å². The van der Waals surface area contributed by atoms with E-state index in [9.17, 15) is 8.42 Å². The van der Waals surface area contributed by atoms with Crippen molar-refractivity contribution in [3.05, 3.63) is 12.1 Å². The van der Waals surface area contributed by atoms with E-state index in [1.54, 1.807) is 16.7 Å². The SMILES string of the molecule is COc1ccc2nc(N)n(CCCS(C)(=O)=O)c2n1. The molecule has 2 N–H and O–H groups in total. The van der Waals surface area contributed by atoms with Crippen molar-refractivity contribution in [3.63, 3.8) is 0 Å². The Balaban J connectivity index is 2.28. The van der Waals surface area contributed by atoms with Crippen LogP contribution in [-0.2, 0) is 16.4 Å². The molecular weight excluding hydrogens is 268 g/mol. The average molecular weight is 284 g/mol. The van der Waals surface area contributed by atoms with E-state index in [1.807, 2.05) is 0 Å². The van der Waals surface area contributed by atoms with Gasteiger partial charge in [0.25, 0.3) is 0 Å². The second-order valence-electron chi connectivity index (χ2n) is 4.30. The highest BCUT2D eigenvalue weighted by Gasteiger charge is 2.11. The molecule has 0 aliphatic heterocycles. The zero-order valence-corrected chi connectivity index (χ0v) is 11.6. The molecule has 0 aliphatic rings. The Labute approximate surface area is 111 Å². The molecule has 104 valence electrons. The minimum absolute atomic E-state index is 0.107. The van der Waals surface area contributed by atoms with E-state index in [0.29, 0.717) is 36.0 Å². The number of aryl methyl sites for hydroxylation is 1. The number of nitrogen functional groups attached to an aromatic ring is 1. The van der Waals surface area contributed by atoms with Gasteiger partial charge in [0.15, 0.2) is 5.65 Å². The van der Waals surface area contributed by atoms with Crippen molar-refractivity contribution in [2.45, 2.75) is 13.0 Å². The maximum absolute atomic E-state index is 11.1. The Morgan fingerprint density at radius 3 is 2.74 bits per heavy atom. The molecule has 0 spiro atoms. The van der Waals surface area contributed by atoms with E-state index in [2.05, 4.69) is 9.97 Å². The summed E-state index contributed by atoms with van der Waals surface area (Å²) in [5.74, 6) is 0.900. The number of nitrogens with two attached hydrogens (primary N) is 1. The highest BCUT2D eigenvalue weighted by Crippen LogP contribution is 2.19. The summed E-state index contributed by atoms with van der Waals surface area (Å²) >= 11 is 0. The van der Waals surface area contributed by atoms with Crippen LogP contribution in [0.5, 0.6) is 5.88 Å². The van der Waals surface area contributed by atoms with Gasteiger partial charge in [-0.25, -0.2) is 13.4 Å². The van der Waals surface area contributed by atoms with Crippen molar-refractivity contribution in [1.82, 2.24) is 14.5 Å². The fourth-order valence-corrected chi connectivity index (χ4v) is 2.47. The smallest absolute Gasteiger partial charge is 0.215 e. The molecule has 0 bridgehead atoms. The zero-order chi connectivity index (χ0) is 14.0. The number of pyridine rings is 1. The van der Waals surface area contributed by atoms with Gasteiger partial charge < -0.3 is 10.5 Å². The first kappa shape index (κ1) is 13.6. The lowest BCUT2D eigenvalue weighted by Crippen LogP contribution is -2.10. The quantitative estimate of drug-likeness (QED) is 0.856. The Morgan fingerprint density at radius 2 is 2.11 bits per heavy atom. The van der Waals surface area contributed by atoms with Crippen LogP contribution >= 0.6 is 0 Å². The molecule has 0 fully saturated rings. The minimum atomic E-state index is -2.98. The first-order valence-electron chi connectivity index (χ1n) is 5.75. The Morgan fingerprint density at radius 1 is 1.37 bits per heavy atom. The lowest BCUT2D eigenvalue weighted by atomic mass is 10.4. The van der Waals surface area contributed by atoms with Gasteiger partial charge in [-0.1, -0.05) is 0 Å². The molecular formula is C11H16N4O3S. The molecule has 2 heterocycles. The molecule has 19 heavy (non-hydrogen) atoms. The van der Waals surface area contributed by atoms with Gasteiger partial charge in [-0.2, -0.15) is 4.98 Å². The van der Waals surface area contributed by atoms with Gasteiger partial charge in [0, 0.05) is 18.9 Å². The van der Waals surface area contributed by atoms with Crippen molar-refractivity contribution < 1.29 is 13.2 Å². The summed E-state index contributed by atoms with van der Waals surface area (Å²) in [6.45, 7) is 0.454. The van der Waals surface area contributed by atoms with Gasteiger partial charge in [-0.15, -0.1) is 0 Å². The van der Waals surface area contributed by atoms with Crippen LogP contribution in [0.2, 0.25) is 0 Å². The molecule has 7 nitrogen and oxygen atoms in total. The topological polar surface area (TPSA) is 100 Å². The number of hydrogen-bond donors (Lipinski definition) is 1. The van der Waals surface area contributed by atoms with E-state index >= 15 is 0 Å². The summed E-state index contributed by atoms with van der Waals surface area (Å²) in [7, 11) is -1.45. The number of imidazole rings is 1. The number of aromatic nitrogens is 3. The number of nitrogens with zero attached hydrogens (tertiary/aromatic N) is 3. The van der Waals surface area contributed by atoms with E-state index < -0.39 is 9.84 Å². The number of methoxy groups -OCH3 is 1. The standard InChI is InChI=1S/C11H16N4O3S/c1-18-9-5-4-8-10(14-9)15(11(12)13-8)6-3-7-19(2,16)17/h4-5H,3,6-7H2,1-2H3,(H2,12,13). The van der Waals surface area contributed by atoms with Crippen LogP contribution in [-0.4, -0.2) is 42.1 Å². The molecule has 0 radical (unpaired) electrons. The molecule has 0 unspecified atom stereocenters. The molecule has 2 rings (SSSR count). The second kappa shape index (κ2) is 5.04. The van der Waals surface area contributed by atoms with Crippen molar-refractivity contribution in [2.24, 2.45) is 0 Å². The summed E-state index contributed by atoms with van der Waals surface area (Å²) in [6.07, 6.45) is 1.68. The lowest BCUT2D eigenvalue weighted by Gasteiger charge is -2.05. The molecule has 0 amide bonds. The minimum Gasteiger partial charge on any atom is -0.481 e. The van der Waals surface area contributed by atoms with E-state index in [-0.39, 0.29) is 5.75 Å². The van der Waals surface area contributed by atoms with Gasteiger partial charge in [0.1, 0.15) is 15.4 Å². The number of hydrogen-bond acceptors (Lipinski definition) is 6. The third kappa shape index (κ3) is 3.14. The van der Waals surface area contributed by atoms with Crippen LogP contribution in [0.4, 0.5) is 5.95 Å². The third-order valence-electron chi connectivity index (χ3n) is 2.70. The Bertz CT molecular complexity index is 693. The first-order chi connectivity index (χ1) is 8.90. The summed E-state index contributed by atoms with van der Waals surface area (Å²) in [5.41, 5.74) is 7.08. The predicted octanol–water partition coefficient (Wildman–Crippen LogP) is 0.457. The van der Waals surface area contributed by atoms with Crippen molar-refractivity contribution in [2.75, 3.05) is 24.9 Å². The molecule has 0 aromatic carbocycles. The van der Waals surface area contributed by atoms with Crippen LogP contribution in [0.15, 0.2) is 12.1 Å². The predicted molar refractivity (Wildman–Crippen MR) is 72.8 cm³/mol. The van der Waals surface area contributed by atoms with Gasteiger partial charge in [-0.3, -0.25) is 4.57 Å². The van der Waals surface area contributed by atoms with E-state index in [4.69, 9.17) is 10.5 Å². The largest absolute Gasteiger partial charge is 0.481 e. The lowest BCUT2D eigenvalue weighted by molar-refractivity contribution is 0.399. The van der Waals surface area contributed by atoms with Crippen LogP contribution in [0.1, 0.15) is 6.42 Å². The number of ether oxygens (including phenoxy) is 1. The monoisotopic (exact) mass is 284 g/mol. The summed E-state index contributed by atoms with van der Waals surface area (Å²) in [6, 6.07) is 3.47. The maximum atomic E-state index is 11.1. The van der Waals surface area contributed by atoms with Crippen molar-refractivity contribution in [3.8, 4) is 5.88 Å². The molecule has 0 saturated carbocycles. The van der Waals surface area contributed by atoms with Gasteiger partial charge in [0.05, 0.1) is 12.9 Å². The molecule has 0 aliphatic carbocycles. The molecule has 2 aromatic heterocycles. The van der Waals surface area contributed by atoms with Gasteiger partial charge >= 0.3 is 0 Å². The van der Waals surface area contributed by atoms with Crippen LogP contribution in [0.25, 0.3) is 11.2 Å². The highest BCUT2D eigenvalue weighted by atomic mass is 32.2. The number of fused-ring (bicyclic) bond motifs is 1. The van der Waals surface area contributed by atoms with Gasteiger partial charge in [-0.05, 0) is 12.5 Å². The Kier molecular flexibility index (Phi) is 3.61. The Hall–Kier alpha value is -1.83. The fraction of sp³-hybridized carbons (Fsp3) is 0.455. The maximum Gasteiger partial charge on any atom is 0.215 e. The molecule has 0 saturated heterocycles. The second-order valence-corrected chi connectivity index (χ2v) is 6.56. The highest BCUT2D eigenvalue weighted by molar-refractivity contribution is 7.90. The molecule has 8 heteroatoms. The van der Waals surface area contributed by atoms with Gasteiger partial charge in [0.2, 0.25) is 11.8 Å². The number of anilines is 1. The summed E-state index contributed by atoms with van der Waals surface area (Å²) < 4.78 is 29.0. The number of rotatable bonds is 5. The van der Waals surface area contributed by atoms with Crippen LogP contribution in [0.3, 0.4) is 0 Å². The van der Waals surface area contributed by atoms with Crippen LogP contribution in [0, 0.1) is 0 Å². The third-order valence-corrected chi connectivity index (χ3v) is 3.73. The molecule has 0 atom stereocenters. The first-order valence-corrected chi connectivity index (χ1v) is 7.81. The van der Waals surface area contributed by atoms with E-state index in [1.165, 1.54) is 13.4 Å². The average Bonchev–Trinajstić information content (AvgIpc) is 2.63. The van der Waals surface area contributed by atoms with Crippen molar-refractivity contribution >= 4 is 26.9 Å². The normalized spacial score (nSPS) is 11.9. The molecule has 2 aromatic rings. The zero-order valence-electron chi connectivity index (χ0n) is 10.8. The summed E-state index contributed by atoms with van der Waals surface area (Å²) in [4.78, 5) is 8.46. The number of sulfone groups is 1. The van der Waals surface area contributed by atoms with Crippen molar-refractivity contribution in [1.29, 1.82) is 0 Å². The van der Waals surface area contributed by atoms with E-state index in [0.717, 1.165) is 0 Å².